The molecule has 0 bridgehead atoms. The zero-order chi connectivity index (χ0) is 17.1. The van der Waals surface area contributed by atoms with Crippen molar-refractivity contribution in [2.45, 2.75) is 12.2 Å². The van der Waals surface area contributed by atoms with E-state index >= 15 is 0 Å². The first-order valence-electron chi connectivity index (χ1n) is 7.36. The number of rotatable bonds is 2. The van der Waals surface area contributed by atoms with Gasteiger partial charge in [0.15, 0.2) is 10.3 Å². The van der Waals surface area contributed by atoms with Crippen molar-refractivity contribution >= 4 is 73.2 Å². The zero-order valence-electron chi connectivity index (χ0n) is 12.9. The second-order valence-electron chi connectivity index (χ2n) is 5.35. The molecule has 7 heteroatoms. The Hall–Kier alpha value is -1.08. The van der Waals surface area contributed by atoms with Crippen LogP contribution >= 0.6 is 51.5 Å². The van der Waals surface area contributed by atoms with Crippen molar-refractivity contribution < 1.29 is 0 Å². The van der Waals surface area contributed by atoms with E-state index in [1.54, 1.807) is 11.8 Å². The Balaban J connectivity index is 1.81. The average molecular weight is 441 g/mol. The van der Waals surface area contributed by atoms with E-state index < -0.39 is 0 Å². The van der Waals surface area contributed by atoms with Crippen LogP contribution in [-0.2, 0) is 0 Å². The molecule has 1 saturated heterocycles. The van der Waals surface area contributed by atoms with Crippen molar-refractivity contribution in [2.24, 2.45) is 4.99 Å². The summed E-state index contributed by atoms with van der Waals surface area (Å²) < 4.78 is 1.01. The van der Waals surface area contributed by atoms with Gasteiger partial charge in [0, 0.05) is 27.0 Å². The van der Waals surface area contributed by atoms with Gasteiger partial charge in [0.1, 0.15) is 0 Å². The topological polar surface area (TPSA) is 27.6 Å². The van der Waals surface area contributed by atoms with Crippen LogP contribution in [0.25, 0.3) is 0 Å². The fraction of sp³-hybridized carbons (Fsp3) is 0.176. The molecule has 1 aliphatic heterocycles. The van der Waals surface area contributed by atoms with E-state index in [1.807, 2.05) is 53.4 Å². The number of amidine groups is 1. The Kier molecular flexibility index (Phi) is 5.81. The number of thiocarbonyl (C=S) groups is 1. The summed E-state index contributed by atoms with van der Waals surface area (Å²) in [6.45, 7) is 2.99. The highest BCUT2D eigenvalue weighted by molar-refractivity contribution is 9.10. The largest absolute Gasteiger partial charge is 0.332 e. The van der Waals surface area contributed by atoms with E-state index in [0.29, 0.717) is 15.4 Å². The first kappa shape index (κ1) is 17.7. The maximum Gasteiger partial charge on any atom is 0.179 e. The van der Waals surface area contributed by atoms with Crippen LogP contribution in [-0.4, -0.2) is 27.0 Å². The van der Waals surface area contributed by atoms with E-state index in [0.717, 1.165) is 27.6 Å². The highest BCUT2D eigenvalue weighted by Gasteiger charge is 2.28. The molecule has 0 spiro atoms. The van der Waals surface area contributed by atoms with Crippen molar-refractivity contribution in [1.82, 2.24) is 4.90 Å². The minimum atomic E-state index is 0.426. The van der Waals surface area contributed by atoms with Gasteiger partial charge in [0.05, 0.1) is 5.69 Å². The predicted octanol–water partition coefficient (Wildman–Crippen LogP) is 5.92. The number of hydrogen-bond donors (Lipinski definition) is 1. The summed E-state index contributed by atoms with van der Waals surface area (Å²) in [6, 6.07) is 15.4. The number of aliphatic imine (C=N–C) groups is 1. The van der Waals surface area contributed by atoms with Crippen molar-refractivity contribution in [1.29, 1.82) is 0 Å². The van der Waals surface area contributed by atoms with Crippen LogP contribution in [0.15, 0.2) is 58.0 Å². The molecule has 1 fully saturated rings. The standard InChI is InChI=1S/C17H15BrClN3S2/c1-11-10-22(16(23)20-15-7-3-5-13(19)9-15)17(24-11)21-14-6-2-4-12(18)8-14/h2-9,11H,10H2,1H3,(H,20,23). The number of nitrogens with zero attached hydrogens (tertiary/aromatic N) is 2. The molecule has 1 N–H and O–H groups in total. The highest BCUT2D eigenvalue weighted by atomic mass is 79.9. The van der Waals surface area contributed by atoms with Gasteiger partial charge in [-0.25, -0.2) is 4.99 Å². The van der Waals surface area contributed by atoms with Gasteiger partial charge in [0.2, 0.25) is 0 Å². The fourth-order valence-corrected chi connectivity index (χ4v) is 4.23. The molecular formula is C17H15BrClN3S2. The smallest absolute Gasteiger partial charge is 0.179 e. The average Bonchev–Trinajstić information content (AvgIpc) is 2.88. The molecule has 0 saturated carbocycles. The molecule has 0 amide bonds. The zero-order valence-corrected chi connectivity index (χ0v) is 16.8. The fourth-order valence-electron chi connectivity index (χ4n) is 2.29. The second kappa shape index (κ2) is 7.87. The maximum absolute atomic E-state index is 6.03. The molecular weight excluding hydrogens is 426 g/mol. The van der Waals surface area contributed by atoms with Crippen molar-refractivity contribution in [3.05, 3.63) is 58.0 Å². The molecule has 124 valence electrons. The summed E-state index contributed by atoms with van der Waals surface area (Å²) >= 11 is 16.8. The minimum absolute atomic E-state index is 0.426. The van der Waals surface area contributed by atoms with Gasteiger partial charge in [-0.2, -0.15) is 0 Å². The van der Waals surface area contributed by atoms with Crippen LogP contribution in [0.1, 0.15) is 6.92 Å². The van der Waals surface area contributed by atoms with Crippen LogP contribution in [0.4, 0.5) is 11.4 Å². The van der Waals surface area contributed by atoms with Crippen molar-refractivity contribution in [3.63, 3.8) is 0 Å². The number of halogens is 2. The number of hydrogen-bond acceptors (Lipinski definition) is 3. The molecule has 0 aliphatic carbocycles. The van der Waals surface area contributed by atoms with E-state index in [-0.39, 0.29) is 0 Å². The van der Waals surface area contributed by atoms with Crippen molar-refractivity contribution in [3.8, 4) is 0 Å². The molecule has 0 aromatic heterocycles. The highest BCUT2D eigenvalue weighted by Crippen LogP contribution is 2.30. The van der Waals surface area contributed by atoms with Gasteiger partial charge in [-0.05, 0) is 48.6 Å². The molecule has 2 aromatic carbocycles. The molecule has 24 heavy (non-hydrogen) atoms. The molecule has 1 heterocycles. The Morgan fingerprint density at radius 2 is 2.12 bits per heavy atom. The Bertz CT molecular complexity index is 797. The van der Waals surface area contributed by atoms with Crippen LogP contribution in [0.3, 0.4) is 0 Å². The summed E-state index contributed by atoms with van der Waals surface area (Å²) in [4.78, 5) is 6.79. The maximum atomic E-state index is 6.03. The number of thioether (sulfide) groups is 1. The van der Waals surface area contributed by atoms with E-state index in [1.165, 1.54) is 0 Å². The Labute approximate surface area is 164 Å². The molecule has 3 rings (SSSR count). The van der Waals surface area contributed by atoms with Crippen molar-refractivity contribution in [2.75, 3.05) is 11.9 Å². The molecule has 1 atom stereocenters. The molecule has 2 aromatic rings. The quantitative estimate of drug-likeness (QED) is 0.586. The molecule has 1 aliphatic rings. The Morgan fingerprint density at radius 3 is 2.88 bits per heavy atom. The van der Waals surface area contributed by atoms with Crippen LogP contribution in [0.2, 0.25) is 5.02 Å². The van der Waals surface area contributed by atoms with E-state index in [4.69, 9.17) is 28.8 Å². The van der Waals surface area contributed by atoms with Gasteiger partial charge in [-0.1, -0.05) is 58.3 Å². The van der Waals surface area contributed by atoms with E-state index in [9.17, 15) is 0 Å². The minimum Gasteiger partial charge on any atom is -0.332 e. The normalized spacial score (nSPS) is 18.9. The summed E-state index contributed by atoms with van der Waals surface area (Å²) in [5, 5.41) is 5.87. The van der Waals surface area contributed by atoms with Gasteiger partial charge in [0.25, 0.3) is 0 Å². The third kappa shape index (κ3) is 4.51. The molecule has 0 radical (unpaired) electrons. The second-order valence-corrected chi connectivity index (χ2v) is 8.50. The monoisotopic (exact) mass is 439 g/mol. The third-order valence-corrected chi connectivity index (χ3v) is 5.46. The van der Waals surface area contributed by atoms with Gasteiger partial charge in [-0.15, -0.1) is 0 Å². The lowest BCUT2D eigenvalue weighted by Gasteiger charge is -2.20. The van der Waals surface area contributed by atoms with Gasteiger partial charge < -0.3 is 5.32 Å². The summed E-state index contributed by atoms with van der Waals surface area (Å²) in [7, 11) is 0. The van der Waals surface area contributed by atoms with Crippen LogP contribution < -0.4 is 5.32 Å². The lowest BCUT2D eigenvalue weighted by molar-refractivity contribution is 0.641. The third-order valence-electron chi connectivity index (χ3n) is 3.33. The Morgan fingerprint density at radius 1 is 1.33 bits per heavy atom. The number of anilines is 1. The number of benzene rings is 2. The SMILES string of the molecule is CC1CN(C(=S)Nc2cccc(Cl)c2)C(=Nc2cccc(Br)c2)S1. The first-order chi connectivity index (χ1) is 11.5. The first-order valence-corrected chi connectivity index (χ1v) is 9.82. The predicted molar refractivity (Wildman–Crippen MR) is 113 cm³/mol. The molecule has 1 unspecified atom stereocenters. The van der Waals surface area contributed by atoms with Crippen LogP contribution in [0.5, 0.6) is 0 Å². The summed E-state index contributed by atoms with van der Waals surface area (Å²) in [5.41, 5.74) is 1.77. The lowest BCUT2D eigenvalue weighted by atomic mass is 10.3. The van der Waals surface area contributed by atoms with Gasteiger partial charge in [-0.3, -0.25) is 4.90 Å². The molecule has 3 nitrogen and oxygen atoms in total. The number of nitrogens with one attached hydrogen (secondary N) is 1. The summed E-state index contributed by atoms with van der Waals surface area (Å²) in [5.74, 6) is 0. The van der Waals surface area contributed by atoms with Crippen LogP contribution in [0, 0.1) is 0 Å². The van der Waals surface area contributed by atoms with Gasteiger partial charge >= 0.3 is 0 Å². The lowest BCUT2D eigenvalue weighted by Crippen LogP contribution is -2.36. The van der Waals surface area contributed by atoms with E-state index in [2.05, 4.69) is 28.2 Å². The summed E-state index contributed by atoms with van der Waals surface area (Å²) in [6.07, 6.45) is 0.